The topological polar surface area (TPSA) is 56.7 Å². The van der Waals surface area contributed by atoms with E-state index >= 15 is 0 Å². The second-order valence-corrected chi connectivity index (χ2v) is 7.15. The predicted octanol–water partition coefficient (Wildman–Crippen LogP) is 1.90. The molecule has 0 bridgehead atoms. The van der Waals surface area contributed by atoms with Gasteiger partial charge in [-0.25, -0.2) is 0 Å². The van der Waals surface area contributed by atoms with Crippen LogP contribution in [0.5, 0.6) is 0 Å². The molecular formula is C19H30N4O. The zero-order valence-corrected chi connectivity index (χ0v) is 15.3. The third kappa shape index (κ3) is 4.73. The van der Waals surface area contributed by atoms with E-state index in [0.717, 1.165) is 25.5 Å². The molecule has 0 saturated carbocycles. The van der Waals surface area contributed by atoms with Gasteiger partial charge in [0.15, 0.2) is 5.96 Å². The van der Waals surface area contributed by atoms with Gasteiger partial charge in [-0.1, -0.05) is 30.3 Å². The van der Waals surface area contributed by atoms with Gasteiger partial charge in [0.05, 0.1) is 5.41 Å². The molecule has 2 N–H and O–H groups in total. The number of hydrogen-bond acceptors (Lipinski definition) is 2. The standard InChI is InChI=1S/C19H30N4O/c1-19(2,17(24)20-3)14-22-18(21-4)23-11-10-16(13-23)12-15-8-6-5-7-9-15/h5-9,16H,10-14H2,1-4H3,(H,20,24)(H,21,22). The van der Waals surface area contributed by atoms with Gasteiger partial charge in [-0.3, -0.25) is 9.79 Å². The first kappa shape index (κ1) is 18.3. The molecule has 1 fully saturated rings. The number of carbonyl (C=O) groups is 1. The van der Waals surface area contributed by atoms with Gasteiger partial charge >= 0.3 is 0 Å². The molecule has 1 aromatic carbocycles. The zero-order valence-electron chi connectivity index (χ0n) is 15.3. The lowest BCUT2D eigenvalue weighted by Crippen LogP contribution is -2.48. The van der Waals surface area contributed by atoms with Crippen molar-refractivity contribution < 1.29 is 4.79 Å². The highest BCUT2D eigenvalue weighted by atomic mass is 16.2. The lowest BCUT2D eigenvalue weighted by molar-refractivity contribution is -0.128. The molecule has 0 spiro atoms. The van der Waals surface area contributed by atoms with Gasteiger partial charge in [-0.15, -0.1) is 0 Å². The van der Waals surface area contributed by atoms with E-state index < -0.39 is 5.41 Å². The zero-order chi connectivity index (χ0) is 17.6. The molecule has 1 aliphatic rings. The quantitative estimate of drug-likeness (QED) is 0.640. The summed E-state index contributed by atoms with van der Waals surface area (Å²) in [5, 5.41) is 6.08. The minimum Gasteiger partial charge on any atom is -0.359 e. The predicted molar refractivity (Wildman–Crippen MR) is 99.0 cm³/mol. The van der Waals surface area contributed by atoms with Crippen molar-refractivity contribution in [3.05, 3.63) is 35.9 Å². The van der Waals surface area contributed by atoms with Crippen LogP contribution in [-0.2, 0) is 11.2 Å². The molecule has 1 unspecified atom stereocenters. The van der Waals surface area contributed by atoms with Gasteiger partial charge < -0.3 is 15.5 Å². The maximum Gasteiger partial charge on any atom is 0.227 e. The largest absolute Gasteiger partial charge is 0.359 e. The van der Waals surface area contributed by atoms with Gasteiger partial charge in [0.2, 0.25) is 5.91 Å². The summed E-state index contributed by atoms with van der Waals surface area (Å²) < 4.78 is 0. The van der Waals surface area contributed by atoms with Gasteiger partial charge in [-0.05, 0) is 38.2 Å². The number of aliphatic imine (C=N–C) groups is 1. The first-order chi connectivity index (χ1) is 11.5. The van der Waals surface area contributed by atoms with Crippen LogP contribution in [0.15, 0.2) is 35.3 Å². The summed E-state index contributed by atoms with van der Waals surface area (Å²) in [7, 11) is 3.48. The third-order valence-electron chi connectivity index (χ3n) is 4.69. The second kappa shape index (κ2) is 8.18. The molecule has 0 aliphatic carbocycles. The minimum absolute atomic E-state index is 0.0360. The molecule has 5 nitrogen and oxygen atoms in total. The van der Waals surface area contributed by atoms with E-state index in [2.05, 4.69) is 50.9 Å². The lowest BCUT2D eigenvalue weighted by Gasteiger charge is -2.27. The molecular weight excluding hydrogens is 300 g/mol. The summed E-state index contributed by atoms with van der Waals surface area (Å²) in [6.45, 7) is 6.47. The van der Waals surface area contributed by atoms with Gasteiger partial charge in [0.1, 0.15) is 0 Å². The summed E-state index contributed by atoms with van der Waals surface area (Å²) in [6.07, 6.45) is 2.28. The first-order valence-corrected chi connectivity index (χ1v) is 8.68. The van der Waals surface area contributed by atoms with Gasteiger partial charge in [0.25, 0.3) is 0 Å². The molecule has 1 heterocycles. The van der Waals surface area contributed by atoms with E-state index in [9.17, 15) is 4.79 Å². The fourth-order valence-corrected chi connectivity index (χ4v) is 3.19. The van der Waals surface area contributed by atoms with Crippen LogP contribution in [0, 0.1) is 11.3 Å². The summed E-state index contributed by atoms with van der Waals surface area (Å²) in [5.74, 6) is 1.58. The van der Waals surface area contributed by atoms with Crippen molar-refractivity contribution in [1.82, 2.24) is 15.5 Å². The van der Waals surface area contributed by atoms with E-state index in [4.69, 9.17) is 0 Å². The minimum atomic E-state index is -0.464. The van der Waals surface area contributed by atoms with Crippen molar-refractivity contribution in [2.45, 2.75) is 26.7 Å². The molecule has 1 aliphatic heterocycles. The number of carbonyl (C=O) groups excluding carboxylic acids is 1. The lowest BCUT2D eigenvalue weighted by atomic mass is 9.92. The van der Waals surface area contributed by atoms with Crippen molar-refractivity contribution in [3.8, 4) is 0 Å². The highest BCUT2D eigenvalue weighted by Gasteiger charge is 2.29. The number of likely N-dealkylation sites (tertiary alicyclic amines) is 1. The average molecular weight is 330 g/mol. The SMILES string of the molecule is CN=C(NCC(C)(C)C(=O)NC)N1CCC(Cc2ccccc2)C1. The molecule has 1 aromatic rings. The molecule has 132 valence electrons. The van der Waals surface area contributed by atoms with Crippen LogP contribution in [0.3, 0.4) is 0 Å². The summed E-state index contributed by atoms with van der Waals surface area (Å²) in [6, 6.07) is 10.7. The Labute approximate surface area is 145 Å². The maximum atomic E-state index is 11.9. The number of rotatable bonds is 5. The van der Waals surface area contributed by atoms with Crippen molar-refractivity contribution in [3.63, 3.8) is 0 Å². The fourth-order valence-electron chi connectivity index (χ4n) is 3.19. The second-order valence-electron chi connectivity index (χ2n) is 7.15. The Morgan fingerprint density at radius 2 is 2.04 bits per heavy atom. The Kier molecular flexibility index (Phi) is 6.23. The molecule has 1 atom stereocenters. The monoisotopic (exact) mass is 330 g/mol. The third-order valence-corrected chi connectivity index (χ3v) is 4.69. The number of guanidine groups is 1. The van der Waals surface area contributed by atoms with E-state index in [0.29, 0.717) is 12.5 Å². The Hall–Kier alpha value is -2.04. The Morgan fingerprint density at radius 1 is 1.33 bits per heavy atom. The summed E-state index contributed by atoms with van der Waals surface area (Å²) >= 11 is 0. The van der Waals surface area contributed by atoms with Crippen LogP contribution in [0.4, 0.5) is 0 Å². The number of benzene rings is 1. The molecule has 1 amide bonds. The smallest absolute Gasteiger partial charge is 0.227 e. The number of amides is 1. The molecule has 1 saturated heterocycles. The highest BCUT2D eigenvalue weighted by Crippen LogP contribution is 2.21. The first-order valence-electron chi connectivity index (χ1n) is 8.68. The maximum absolute atomic E-state index is 11.9. The van der Waals surface area contributed by atoms with E-state index in [1.165, 1.54) is 12.0 Å². The molecule has 2 rings (SSSR count). The number of hydrogen-bond donors (Lipinski definition) is 2. The summed E-state index contributed by atoms with van der Waals surface area (Å²) in [4.78, 5) is 18.6. The van der Waals surface area contributed by atoms with Crippen LogP contribution < -0.4 is 10.6 Å². The van der Waals surface area contributed by atoms with Crippen molar-refractivity contribution >= 4 is 11.9 Å². The van der Waals surface area contributed by atoms with Gasteiger partial charge in [0, 0.05) is 33.7 Å². The van der Waals surface area contributed by atoms with E-state index in [-0.39, 0.29) is 5.91 Å². The molecule has 24 heavy (non-hydrogen) atoms. The van der Waals surface area contributed by atoms with Crippen LogP contribution in [0.2, 0.25) is 0 Å². The summed E-state index contributed by atoms with van der Waals surface area (Å²) in [5.41, 5.74) is 0.932. The van der Waals surface area contributed by atoms with Crippen molar-refractivity contribution in [2.24, 2.45) is 16.3 Å². The normalized spacial score (nSPS) is 18.6. The molecule has 0 aromatic heterocycles. The highest BCUT2D eigenvalue weighted by molar-refractivity contribution is 5.84. The number of nitrogens with zero attached hydrogens (tertiary/aromatic N) is 2. The van der Waals surface area contributed by atoms with Crippen molar-refractivity contribution in [1.29, 1.82) is 0 Å². The van der Waals surface area contributed by atoms with Crippen LogP contribution in [0.1, 0.15) is 25.8 Å². The van der Waals surface area contributed by atoms with Crippen LogP contribution in [0.25, 0.3) is 0 Å². The Balaban J connectivity index is 1.87. The molecule has 5 heteroatoms. The van der Waals surface area contributed by atoms with Crippen LogP contribution in [-0.4, -0.2) is 50.5 Å². The molecule has 0 radical (unpaired) electrons. The van der Waals surface area contributed by atoms with Crippen LogP contribution >= 0.6 is 0 Å². The average Bonchev–Trinajstić information content (AvgIpc) is 3.03. The van der Waals surface area contributed by atoms with Gasteiger partial charge in [-0.2, -0.15) is 0 Å². The Bertz CT molecular complexity index is 568. The van der Waals surface area contributed by atoms with E-state index in [1.54, 1.807) is 14.1 Å². The van der Waals surface area contributed by atoms with Crippen molar-refractivity contribution in [2.75, 3.05) is 33.7 Å². The van der Waals surface area contributed by atoms with E-state index in [1.807, 2.05) is 13.8 Å². The number of nitrogens with one attached hydrogen (secondary N) is 2. The fraction of sp³-hybridized carbons (Fsp3) is 0.579. The Morgan fingerprint density at radius 3 is 2.67 bits per heavy atom.